The molecule has 1 aromatic rings. The largest absolute Gasteiger partial charge is 0.450 e. The predicted octanol–water partition coefficient (Wildman–Crippen LogP) is 2.25. The maximum absolute atomic E-state index is 12.2. The van der Waals surface area contributed by atoms with Crippen molar-refractivity contribution >= 4 is 11.9 Å². The Balaban J connectivity index is 1.85. The van der Waals surface area contributed by atoms with Crippen molar-refractivity contribution in [1.29, 1.82) is 0 Å². The molecule has 1 N–H and O–H groups in total. The summed E-state index contributed by atoms with van der Waals surface area (Å²) >= 11 is 0. The quantitative estimate of drug-likeness (QED) is 0.786. The van der Waals surface area contributed by atoms with Gasteiger partial charge in [-0.3, -0.25) is 14.5 Å². The van der Waals surface area contributed by atoms with E-state index in [1.807, 2.05) is 12.1 Å². The molecule has 1 amide bonds. The summed E-state index contributed by atoms with van der Waals surface area (Å²) in [6.07, 6.45) is 0.516. The van der Waals surface area contributed by atoms with E-state index in [-0.39, 0.29) is 18.1 Å². The number of amides is 1. The molecular formula is C20H30N2O4. The molecule has 1 saturated heterocycles. The molecule has 1 aliphatic heterocycles. The highest BCUT2D eigenvalue weighted by molar-refractivity contribution is 5.86. The maximum Gasteiger partial charge on any atom is 0.303 e. The van der Waals surface area contributed by atoms with Crippen LogP contribution in [0.4, 0.5) is 0 Å². The van der Waals surface area contributed by atoms with Gasteiger partial charge in [-0.25, -0.2) is 0 Å². The molecule has 1 aliphatic rings. The zero-order valence-corrected chi connectivity index (χ0v) is 16.4. The van der Waals surface area contributed by atoms with Crippen LogP contribution >= 0.6 is 0 Å². The van der Waals surface area contributed by atoms with E-state index in [0.717, 1.165) is 25.2 Å². The topological polar surface area (TPSA) is 67.9 Å². The first kappa shape index (κ1) is 20.4. The average molecular weight is 362 g/mol. The summed E-state index contributed by atoms with van der Waals surface area (Å²) in [7, 11) is 0. The molecule has 26 heavy (non-hydrogen) atoms. The van der Waals surface area contributed by atoms with Gasteiger partial charge in [0.2, 0.25) is 0 Å². The van der Waals surface area contributed by atoms with Crippen LogP contribution in [0.15, 0.2) is 24.3 Å². The molecule has 0 bridgehead atoms. The Morgan fingerprint density at radius 1 is 1.15 bits per heavy atom. The standard InChI is InChI=1S/C20H30N2O4/c1-14-11-22(12-15(2)25-14)13-18-8-6-17(7-9-18)10-21-19(24)20(4,5)26-16(3)23/h6-9,14-15H,10-13H2,1-5H3,(H,21,24). The first-order valence-electron chi connectivity index (χ1n) is 9.09. The van der Waals surface area contributed by atoms with Crippen LogP contribution in [0, 0.1) is 0 Å². The van der Waals surface area contributed by atoms with E-state index in [0.29, 0.717) is 6.54 Å². The smallest absolute Gasteiger partial charge is 0.303 e. The number of benzene rings is 1. The van der Waals surface area contributed by atoms with Gasteiger partial charge in [0, 0.05) is 33.1 Å². The van der Waals surface area contributed by atoms with E-state index in [1.165, 1.54) is 12.5 Å². The molecular weight excluding hydrogens is 332 g/mol. The third-order valence-corrected chi connectivity index (χ3v) is 4.32. The van der Waals surface area contributed by atoms with E-state index in [9.17, 15) is 9.59 Å². The summed E-state index contributed by atoms with van der Waals surface area (Å²) < 4.78 is 10.8. The Morgan fingerprint density at radius 2 is 1.69 bits per heavy atom. The van der Waals surface area contributed by atoms with Crippen molar-refractivity contribution < 1.29 is 19.1 Å². The lowest BCUT2D eigenvalue weighted by atomic mass is 10.1. The van der Waals surface area contributed by atoms with Gasteiger partial charge in [-0.05, 0) is 38.8 Å². The number of esters is 1. The summed E-state index contributed by atoms with van der Waals surface area (Å²) in [5.41, 5.74) is 1.07. The number of nitrogens with one attached hydrogen (secondary N) is 1. The van der Waals surface area contributed by atoms with Gasteiger partial charge < -0.3 is 14.8 Å². The summed E-state index contributed by atoms with van der Waals surface area (Å²) in [6.45, 7) is 11.8. The van der Waals surface area contributed by atoms with Gasteiger partial charge in [0.15, 0.2) is 5.60 Å². The van der Waals surface area contributed by atoms with Crippen molar-refractivity contribution in [2.75, 3.05) is 13.1 Å². The molecule has 6 heteroatoms. The second-order valence-electron chi connectivity index (χ2n) is 7.55. The second kappa shape index (κ2) is 8.64. The summed E-state index contributed by atoms with van der Waals surface area (Å²) in [5, 5.41) is 2.81. The minimum absolute atomic E-state index is 0.258. The number of carbonyl (C=O) groups is 2. The molecule has 1 heterocycles. The van der Waals surface area contributed by atoms with E-state index >= 15 is 0 Å². The lowest BCUT2D eigenvalue weighted by Crippen LogP contribution is -2.45. The van der Waals surface area contributed by atoms with Crippen molar-refractivity contribution in [1.82, 2.24) is 10.2 Å². The third kappa shape index (κ3) is 6.11. The second-order valence-corrected chi connectivity index (χ2v) is 7.55. The van der Waals surface area contributed by atoms with Crippen molar-refractivity contribution in [3.8, 4) is 0 Å². The number of carbonyl (C=O) groups excluding carboxylic acids is 2. The number of ether oxygens (including phenoxy) is 2. The van der Waals surface area contributed by atoms with Crippen LogP contribution in [0.5, 0.6) is 0 Å². The first-order chi connectivity index (χ1) is 12.2. The number of hydrogen-bond acceptors (Lipinski definition) is 5. The fourth-order valence-corrected chi connectivity index (χ4v) is 3.24. The van der Waals surface area contributed by atoms with Crippen molar-refractivity contribution in [2.45, 2.75) is 65.5 Å². The predicted molar refractivity (Wildman–Crippen MR) is 99.4 cm³/mol. The molecule has 2 atom stereocenters. The van der Waals surface area contributed by atoms with E-state index in [1.54, 1.807) is 13.8 Å². The number of hydrogen-bond donors (Lipinski definition) is 1. The monoisotopic (exact) mass is 362 g/mol. The van der Waals surface area contributed by atoms with Crippen LogP contribution in [-0.4, -0.2) is 47.7 Å². The fraction of sp³-hybridized carbons (Fsp3) is 0.600. The molecule has 2 unspecified atom stereocenters. The Bertz CT molecular complexity index is 617. The highest BCUT2D eigenvalue weighted by Gasteiger charge is 2.30. The minimum atomic E-state index is -1.17. The van der Waals surface area contributed by atoms with Gasteiger partial charge in [0.1, 0.15) is 0 Å². The van der Waals surface area contributed by atoms with Crippen LogP contribution in [0.1, 0.15) is 45.7 Å². The van der Waals surface area contributed by atoms with Gasteiger partial charge in [-0.2, -0.15) is 0 Å². The summed E-state index contributed by atoms with van der Waals surface area (Å²) in [5.74, 6) is -0.783. The van der Waals surface area contributed by atoms with Crippen molar-refractivity contribution in [2.24, 2.45) is 0 Å². The van der Waals surface area contributed by atoms with Crippen LogP contribution in [0.25, 0.3) is 0 Å². The molecule has 0 saturated carbocycles. The van der Waals surface area contributed by atoms with Crippen LogP contribution in [0.3, 0.4) is 0 Å². The maximum atomic E-state index is 12.2. The van der Waals surface area contributed by atoms with E-state index in [2.05, 4.69) is 36.2 Å². The van der Waals surface area contributed by atoms with Crippen LogP contribution < -0.4 is 5.32 Å². The molecule has 1 aromatic carbocycles. The lowest BCUT2D eigenvalue weighted by Gasteiger charge is -2.35. The SMILES string of the molecule is CC(=O)OC(C)(C)C(=O)NCc1ccc(CN2CC(C)OC(C)C2)cc1. The molecule has 1 fully saturated rings. The molecule has 0 aromatic heterocycles. The Labute approximate surface area is 155 Å². The Morgan fingerprint density at radius 3 is 2.23 bits per heavy atom. The van der Waals surface area contributed by atoms with Gasteiger partial charge in [-0.1, -0.05) is 24.3 Å². The van der Waals surface area contributed by atoms with Crippen molar-refractivity contribution in [3.63, 3.8) is 0 Å². The normalized spacial score (nSPS) is 21.3. The number of morpholine rings is 1. The molecule has 2 rings (SSSR count). The number of rotatable bonds is 6. The molecule has 0 aliphatic carbocycles. The van der Waals surface area contributed by atoms with Gasteiger partial charge in [-0.15, -0.1) is 0 Å². The Hall–Kier alpha value is -1.92. The van der Waals surface area contributed by atoms with Crippen LogP contribution in [-0.2, 0) is 32.2 Å². The van der Waals surface area contributed by atoms with Crippen LogP contribution in [0.2, 0.25) is 0 Å². The minimum Gasteiger partial charge on any atom is -0.450 e. The third-order valence-electron chi connectivity index (χ3n) is 4.32. The number of nitrogens with zero attached hydrogens (tertiary/aromatic N) is 1. The lowest BCUT2D eigenvalue weighted by molar-refractivity contribution is -0.163. The highest BCUT2D eigenvalue weighted by atomic mass is 16.6. The van der Waals surface area contributed by atoms with Gasteiger partial charge in [0.05, 0.1) is 12.2 Å². The highest BCUT2D eigenvalue weighted by Crippen LogP contribution is 2.15. The Kier molecular flexibility index (Phi) is 6.78. The fourth-order valence-electron chi connectivity index (χ4n) is 3.24. The molecule has 144 valence electrons. The molecule has 0 spiro atoms. The molecule has 6 nitrogen and oxygen atoms in total. The van der Waals surface area contributed by atoms with E-state index < -0.39 is 11.6 Å². The zero-order chi connectivity index (χ0) is 19.3. The van der Waals surface area contributed by atoms with E-state index in [4.69, 9.17) is 9.47 Å². The summed E-state index contributed by atoms with van der Waals surface area (Å²) in [6, 6.07) is 8.20. The summed E-state index contributed by atoms with van der Waals surface area (Å²) in [4.78, 5) is 25.6. The zero-order valence-electron chi connectivity index (χ0n) is 16.4. The average Bonchev–Trinajstić information content (AvgIpc) is 2.51. The van der Waals surface area contributed by atoms with Gasteiger partial charge in [0.25, 0.3) is 5.91 Å². The van der Waals surface area contributed by atoms with Crippen molar-refractivity contribution in [3.05, 3.63) is 35.4 Å². The van der Waals surface area contributed by atoms with Gasteiger partial charge >= 0.3 is 5.97 Å². The molecule has 0 radical (unpaired) electrons. The first-order valence-corrected chi connectivity index (χ1v) is 9.09.